The number of hydrogen-bond acceptors (Lipinski definition) is 6. The molecule has 0 amide bonds. The van der Waals surface area contributed by atoms with E-state index in [0.29, 0.717) is 0 Å². The summed E-state index contributed by atoms with van der Waals surface area (Å²) in [5, 5.41) is 0. The fourth-order valence-corrected chi connectivity index (χ4v) is 1.16. The molecule has 0 atom stereocenters. The Balaban J connectivity index is 0.000000307. The van der Waals surface area contributed by atoms with Gasteiger partial charge in [0.25, 0.3) is 0 Å². The molecule has 0 bridgehead atoms. The molecule has 6 nitrogen and oxygen atoms in total. The van der Waals surface area contributed by atoms with Crippen molar-refractivity contribution in [3.8, 4) is 0 Å². The van der Waals surface area contributed by atoms with E-state index >= 15 is 0 Å². The summed E-state index contributed by atoms with van der Waals surface area (Å²) in [6, 6.07) is 37.5. The van der Waals surface area contributed by atoms with E-state index in [9.17, 15) is 0 Å². The van der Waals surface area contributed by atoms with Crippen molar-refractivity contribution in [2.45, 2.75) is 0 Å². The average Bonchev–Trinajstić information content (AvgIpc) is 2.74. The smallest absolute Gasteiger partial charge is 0.171 e. The molecule has 0 aliphatic rings. The number of hydrogen-bond donors (Lipinski definition) is 5. The Labute approximate surface area is 156 Å². The van der Waals surface area contributed by atoms with Crippen molar-refractivity contribution in [2.24, 2.45) is 9.98 Å². The summed E-state index contributed by atoms with van der Waals surface area (Å²) < 4.78 is 3.08. The van der Waals surface area contributed by atoms with E-state index < -0.39 is 0 Å². The van der Waals surface area contributed by atoms with E-state index in [4.69, 9.17) is 5.84 Å². The zero-order valence-corrected chi connectivity index (χ0v) is 14.5. The van der Waals surface area contributed by atoms with Crippen LogP contribution in [0.4, 0.5) is 0 Å². The molecule has 0 fully saturated rings. The molecule has 0 unspecified atom stereocenters. The van der Waals surface area contributed by atoms with Crippen molar-refractivity contribution in [1.82, 2.24) is 22.1 Å². The minimum atomic E-state index is 1.88. The van der Waals surface area contributed by atoms with Crippen molar-refractivity contribution in [2.75, 3.05) is 0 Å². The molecule has 3 aromatic carbocycles. The molecule has 0 aliphatic heterocycles. The molecule has 0 radical (unpaired) electrons. The van der Waals surface area contributed by atoms with Crippen LogP contribution in [0.2, 0.25) is 0 Å². The normalized spacial score (nSPS) is 8.28. The summed E-state index contributed by atoms with van der Waals surface area (Å²) in [6.45, 7) is 0. The SMILES string of the molecule is NNNNN[N]=[Ni].[c-]1ccccc1.[c-]1ccccc1.[c-]1ccccc1. The molecule has 0 saturated carbocycles. The second kappa shape index (κ2) is 21.8. The van der Waals surface area contributed by atoms with Crippen LogP contribution in [0, 0.1) is 18.2 Å². The van der Waals surface area contributed by atoms with Crippen LogP contribution in [0.25, 0.3) is 0 Å². The zero-order valence-electron chi connectivity index (χ0n) is 13.5. The molecule has 136 valence electrons. The molecule has 0 aromatic heterocycles. The van der Waals surface area contributed by atoms with Gasteiger partial charge in [0, 0.05) is 0 Å². The molecule has 0 aliphatic carbocycles. The maximum atomic E-state index is 4.73. The predicted octanol–water partition coefficient (Wildman–Crippen LogP) is 2.07. The molecule has 0 spiro atoms. The molecule has 25 heavy (non-hydrogen) atoms. The first kappa shape index (κ1) is 22.8. The van der Waals surface area contributed by atoms with Crippen LogP contribution in [0.15, 0.2) is 95.1 Å². The van der Waals surface area contributed by atoms with Gasteiger partial charge in [-0.1, -0.05) is 0 Å². The van der Waals surface area contributed by atoms with Crippen molar-refractivity contribution in [1.29, 1.82) is 0 Å². The molecule has 0 heterocycles. The molecule has 6 N–H and O–H groups in total. The van der Waals surface area contributed by atoms with Crippen molar-refractivity contribution < 1.29 is 15.3 Å². The van der Waals surface area contributed by atoms with Gasteiger partial charge in [0.15, 0.2) is 0 Å². The summed E-state index contributed by atoms with van der Waals surface area (Å²) in [7, 11) is 0. The van der Waals surface area contributed by atoms with Gasteiger partial charge in [0.2, 0.25) is 0 Å². The molecular weight excluding hydrogens is 359 g/mol. The van der Waals surface area contributed by atoms with Gasteiger partial charge in [-0.25, -0.2) is 0 Å². The summed E-state index contributed by atoms with van der Waals surface area (Å²) in [4.78, 5) is 0. The van der Waals surface area contributed by atoms with Gasteiger partial charge in [0.1, 0.15) is 0 Å². The molecule has 7 heteroatoms. The first-order valence-corrected chi connectivity index (χ1v) is 7.58. The van der Waals surface area contributed by atoms with E-state index in [1.54, 1.807) is 0 Å². The van der Waals surface area contributed by atoms with Crippen LogP contribution >= 0.6 is 0 Å². The number of nitrogens with two attached hydrogens (primary N) is 1. The van der Waals surface area contributed by atoms with Crippen LogP contribution in [-0.4, -0.2) is 0 Å². The molecule has 3 rings (SSSR count). The van der Waals surface area contributed by atoms with E-state index in [1.807, 2.05) is 91.0 Å². The fourth-order valence-electron chi connectivity index (χ4n) is 1.11. The van der Waals surface area contributed by atoms with Gasteiger partial charge in [-0.15, -0.1) is 0 Å². The largest absolute Gasteiger partial charge is 0.184 e. The Morgan fingerprint density at radius 3 is 1.12 bits per heavy atom. The Kier molecular flexibility index (Phi) is 19.8. The van der Waals surface area contributed by atoms with E-state index in [1.165, 1.54) is 0 Å². The third kappa shape index (κ3) is 21.8. The number of benzene rings is 3. The number of rotatable bonds is 4. The van der Waals surface area contributed by atoms with Crippen LogP contribution in [0.3, 0.4) is 0 Å². The van der Waals surface area contributed by atoms with Gasteiger partial charge >= 0.3 is 47.4 Å². The predicted molar refractivity (Wildman–Crippen MR) is 95.0 cm³/mol. The van der Waals surface area contributed by atoms with Gasteiger partial charge in [-0.2, -0.15) is 109 Å². The van der Waals surface area contributed by atoms with Crippen LogP contribution in [0.5, 0.6) is 0 Å². The quantitative estimate of drug-likeness (QED) is 0.157. The summed E-state index contributed by atoms with van der Waals surface area (Å²) in [5.74, 6) is 4.73. The minimum Gasteiger partial charge on any atom is -0.184 e. The van der Waals surface area contributed by atoms with Crippen LogP contribution in [-0.2, 0) is 15.3 Å². The van der Waals surface area contributed by atoms with Crippen LogP contribution < -0.4 is 28.0 Å². The molecule has 3 aromatic rings. The molecular formula is C18H21N6Ni-3. The standard InChI is InChI=1S/3C6H5.H6N6.Ni/c3*1-2-4-6-5-3-1;1-3-5-6-4-2;/h3*1-5H;3-6H,1H2;/q3*-1;;. The van der Waals surface area contributed by atoms with E-state index in [0.717, 1.165) is 0 Å². The summed E-state index contributed by atoms with van der Waals surface area (Å²) in [5.41, 5.74) is 8.83. The van der Waals surface area contributed by atoms with Crippen molar-refractivity contribution in [3.63, 3.8) is 0 Å². The van der Waals surface area contributed by atoms with E-state index in [-0.39, 0.29) is 0 Å². The third-order valence-corrected chi connectivity index (χ3v) is 2.16. The Morgan fingerprint density at radius 2 is 0.960 bits per heavy atom. The maximum Gasteiger partial charge on any atom is -0.171 e. The fraction of sp³-hybridized carbons (Fsp3) is 0. The Bertz CT molecular complexity index is 414. The van der Waals surface area contributed by atoms with Crippen LogP contribution in [0.1, 0.15) is 0 Å². The van der Waals surface area contributed by atoms with Gasteiger partial charge < -0.3 is 0 Å². The van der Waals surface area contributed by atoms with Gasteiger partial charge in [-0.05, 0) is 0 Å². The number of hydrazine groups is 4. The number of nitrogens with one attached hydrogen (secondary N) is 4. The summed E-state index contributed by atoms with van der Waals surface area (Å²) in [6.07, 6.45) is 0. The molecule has 0 saturated heterocycles. The van der Waals surface area contributed by atoms with Gasteiger partial charge in [0.05, 0.1) is 0 Å². The minimum absolute atomic E-state index is 1.88. The average molecular weight is 380 g/mol. The second-order valence-corrected chi connectivity index (χ2v) is 4.03. The first-order valence-electron chi connectivity index (χ1n) is 7.14. The summed E-state index contributed by atoms with van der Waals surface area (Å²) >= 11 is 3.86. The Hall–Kier alpha value is -2.25. The number of nitrogens with zero attached hydrogens (tertiary/aromatic N) is 1. The Morgan fingerprint density at radius 1 is 0.600 bits per heavy atom. The third-order valence-electron chi connectivity index (χ3n) is 2.05. The first-order chi connectivity index (χ1) is 12.4. The van der Waals surface area contributed by atoms with Crippen molar-refractivity contribution >= 4 is 0 Å². The monoisotopic (exact) mass is 379 g/mol. The van der Waals surface area contributed by atoms with E-state index in [2.05, 4.69) is 59.7 Å². The van der Waals surface area contributed by atoms with Gasteiger partial charge in [-0.3, -0.25) is 0 Å². The topological polar surface area (TPSA) is 86.5 Å². The van der Waals surface area contributed by atoms with Crippen molar-refractivity contribution in [3.05, 3.63) is 109 Å². The second-order valence-electron chi connectivity index (χ2n) is 3.81. The zero-order chi connectivity index (χ0) is 18.3. The maximum absolute atomic E-state index is 4.73.